The van der Waals surface area contributed by atoms with Crippen molar-refractivity contribution in [1.29, 1.82) is 0 Å². The molecule has 0 bridgehead atoms. The predicted octanol–water partition coefficient (Wildman–Crippen LogP) is 3.62. The zero-order chi connectivity index (χ0) is 22.7. The molecule has 0 unspecified atom stereocenters. The van der Waals surface area contributed by atoms with E-state index in [2.05, 4.69) is 20.5 Å². The highest BCUT2D eigenvalue weighted by molar-refractivity contribution is 6.01. The van der Waals surface area contributed by atoms with Gasteiger partial charge in [-0.05, 0) is 43.7 Å². The molecule has 2 aromatic heterocycles. The van der Waals surface area contributed by atoms with Crippen LogP contribution < -0.4 is 15.7 Å². The molecule has 162 valence electrons. The molecule has 0 aliphatic carbocycles. The van der Waals surface area contributed by atoms with Crippen molar-refractivity contribution in [3.8, 4) is 11.6 Å². The number of ether oxygens (including phenoxy) is 1. The van der Waals surface area contributed by atoms with Crippen LogP contribution >= 0.6 is 0 Å². The van der Waals surface area contributed by atoms with E-state index in [0.717, 1.165) is 22.7 Å². The number of nitrogens with one attached hydrogen (secondary N) is 1. The maximum atomic E-state index is 13.1. The van der Waals surface area contributed by atoms with Crippen LogP contribution in [0.3, 0.4) is 0 Å². The molecule has 4 rings (SSSR count). The SMILES string of the molecule is COc1ccc(Cn2c(O)c(/C=N/Nc3nc(C)cc(C)n3)c3ccccc3c2=O)cc1. The van der Waals surface area contributed by atoms with Gasteiger partial charge in [0.1, 0.15) is 5.75 Å². The molecule has 8 heteroatoms. The lowest BCUT2D eigenvalue weighted by Crippen LogP contribution is -2.22. The van der Waals surface area contributed by atoms with Gasteiger partial charge in [-0.25, -0.2) is 15.4 Å². The number of benzene rings is 2. The summed E-state index contributed by atoms with van der Waals surface area (Å²) in [6.07, 6.45) is 1.47. The van der Waals surface area contributed by atoms with Crippen molar-refractivity contribution in [2.75, 3.05) is 12.5 Å². The van der Waals surface area contributed by atoms with E-state index in [4.69, 9.17) is 4.74 Å². The highest BCUT2D eigenvalue weighted by Crippen LogP contribution is 2.24. The molecule has 2 N–H and O–H groups in total. The van der Waals surface area contributed by atoms with Crippen LogP contribution in [0.25, 0.3) is 10.8 Å². The summed E-state index contributed by atoms with van der Waals surface area (Å²) in [6.45, 7) is 3.95. The lowest BCUT2D eigenvalue weighted by atomic mass is 10.1. The van der Waals surface area contributed by atoms with Crippen LogP contribution in [0.5, 0.6) is 11.6 Å². The van der Waals surface area contributed by atoms with Crippen molar-refractivity contribution in [2.45, 2.75) is 20.4 Å². The van der Waals surface area contributed by atoms with Crippen molar-refractivity contribution < 1.29 is 9.84 Å². The zero-order valence-corrected chi connectivity index (χ0v) is 18.0. The monoisotopic (exact) mass is 429 g/mol. The fraction of sp³-hybridized carbons (Fsp3) is 0.167. The quantitative estimate of drug-likeness (QED) is 0.359. The summed E-state index contributed by atoms with van der Waals surface area (Å²) >= 11 is 0. The number of hydrogen-bond acceptors (Lipinski definition) is 7. The summed E-state index contributed by atoms with van der Waals surface area (Å²) in [5, 5.41) is 16.3. The number of nitrogens with zero attached hydrogens (tertiary/aromatic N) is 4. The van der Waals surface area contributed by atoms with Gasteiger partial charge in [0, 0.05) is 22.2 Å². The van der Waals surface area contributed by atoms with Gasteiger partial charge in [-0.2, -0.15) is 5.10 Å². The fourth-order valence-corrected chi connectivity index (χ4v) is 3.53. The summed E-state index contributed by atoms with van der Waals surface area (Å²) < 4.78 is 6.52. The van der Waals surface area contributed by atoms with Crippen molar-refractivity contribution in [1.82, 2.24) is 14.5 Å². The third-order valence-corrected chi connectivity index (χ3v) is 5.03. The highest BCUT2D eigenvalue weighted by Gasteiger charge is 2.15. The van der Waals surface area contributed by atoms with Crippen LogP contribution in [0.4, 0.5) is 5.95 Å². The largest absolute Gasteiger partial charge is 0.497 e. The molecule has 4 aromatic rings. The molecule has 0 aliphatic heterocycles. The standard InChI is InChI=1S/C24H23N5O3/c1-15-12-16(2)27-24(26-15)28-25-13-21-19-6-4-5-7-20(19)22(30)29(23(21)31)14-17-8-10-18(32-3)11-9-17/h4-13,31H,14H2,1-3H3,(H,26,27,28)/b25-13+. The van der Waals surface area contributed by atoms with Gasteiger partial charge in [-0.3, -0.25) is 9.36 Å². The summed E-state index contributed by atoms with van der Waals surface area (Å²) in [5.74, 6) is 0.904. The first-order valence-corrected chi connectivity index (χ1v) is 10.0. The fourth-order valence-electron chi connectivity index (χ4n) is 3.53. The Hall–Kier alpha value is -4.20. The number of rotatable bonds is 6. The van der Waals surface area contributed by atoms with E-state index >= 15 is 0 Å². The molecule has 2 aromatic carbocycles. The molecule has 0 atom stereocenters. The number of hydrogen-bond donors (Lipinski definition) is 2. The maximum Gasteiger partial charge on any atom is 0.261 e. The molecule has 0 saturated carbocycles. The van der Waals surface area contributed by atoms with Gasteiger partial charge in [0.15, 0.2) is 0 Å². The second kappa shape index (κ2) is 8.89. The molecule has 8 nitrogen and oxygen atoms in total. The average Bonchev–Trinajstić information content (AvgIpc) is 2.78. The Morgan fingerprint density at radius 2 is 1.72 bits per heavy atom. The van der Waals surface area contributed by atoms with Gasteiger partial charge in [0.25, 0.3) is 5.56 Å². The molecule has 0 fully saturated rings. The number of fused-ring (bicyclic) bond motifs is 1. The number of pyridine rings is 1. The molecule has 0 amide bonds. The third kappa shape index (κ3) is 4.29. The molecule has 2 heterocycles. The van der Waals surface area contributed by atoms with E-state index in [-0.39, 0.29) is 18.0 Å². The Morgan fingerprint density at radius 3 is 2.38 bits per heavy atom. The van der Waals surface area contributed by atoms with Crippen LogP contribution in [0, 0.1) is 13.8 Å². The topological polar surface area (TPSA) is 102 Å². The van der Waals surface area contributed by atoms with Crippen LogP contribution in [-0.4, -0.2) is 33.0 Å². The summed E-state index contributed by atoms with van der Waals surface area (Å²) in [6, 6.07) is 16.3. The van der Waals surface area contributed by atoms with Gasteiger partial charge in [-0.15, -0.1) is 0 Å². The lowest BCUT2D eigenvalue weighted by Gasteiger charge is -2.14. The highest BCUT2D eigenvalue weighted by atomic mass is 16.5. The summed E-state index contributed by atoms with van der Waals surface area (Å²) in [4.78, 5) is 21.7. The molecule has 0 aliphatic rings. The molecule has 0 radical (unpaired) electrons. The minimum Gasteiger partial charge on any atom is -0.497 e. The predicted molar refractivity (Wildman–Crippen MR) is 125 cm³/mol. The minimum atomic E-state index is -0.281. The third-order valence-electron chi connectivity index (χ3n) is 5.03. The van der Waals surface area contributed by atoms with E-state index in [1.54, 1.807) is 25.3 Å². The Labute approximate surface area is 184 Å². The van der Waals surface area contributed by atoms with E-state index in [0.29, 0.717) is 22.3 Å². The molecular formula is C24H23N5O3. The van der Waals surface area contributed by atoms with Crippen molar-refractivity contribution in [3.05, 3.63) is 87.5 Å². The first-order valence-electron chi connectivity index (χ1n) is 10.0. The molecule has 32 heavy (non-hydrogen) atoms. The van der Waals surface area contributed by atoms with Gasteiger partial charge >= 0.3 is 0 Å². The Balaban J connectivity index is 1.74. The number of hydrazone groups is 1. The first kappa shape index (κ1) is 21.0. The van der Waals surface area contributed by atoms with Gasteiger partial charge in [0.2, 0.25) is 11.8 Å². The van der Waals surface area contributed by atoms with Gasteiger partial charge in [-0.1, -0.05) is 30.3 Å². The van der Waals surface area contributed by atoms with Crippen LogP contribution in [0.15, 0.2) is 64.5 Å². The Morgan fingerprint density at radius 1 is 1.06 bits per heavy atom. The molecular weight excluding hydrogens is 406 g/mol. The zero-order valence-electron chi connectivity index (χ0n) is 18.0. The van der Waals surface area contributed by atoms with E-state index < -0.39 is 0 Å². The number of aryl methyl sites for hydroxylation is 2. The van der Waals surface area contributed by atoms with E-state index in [9.17, 15) is 9.90 Å². The molecule has 0 spiro atoms. The summed E-state index contributed by atoms with van der Waals surface area (Å²) in [5.41, 5.74) is 5.42. The molecule has 0 saturated heterocycles. The second-order valence-electron chi connectivity index (χ2n) is 7.37. The van der Waals surface area contributed by atoms with E-state index in [1.807, 2.05) is 50.2 Å². The van der Waals surface area contributed by atoms with Crippen LogP contribution in [0.2, 0.25) is 0 Å². The Kier molecular flexibility index (Phi) is 5.85. The maximum absolute atomic E-state index is 13.1. The second-order valence-corrected chi connectivity index (χ2v) is 7.37. The number of aromatic hydroxyl groups is 1. The smallest absolute Gasteiger partial charge is 0.261 e. The Bertz CT molecular complexity index is 1340. The first-order chi connectivity index (χ1) is 15.5. The van der Waals surface area contributed by atoms with Gasteiger partial charge < -0.3 is 9.84 Å². The summed E-state index contributed by atoms with van der Waals surface area (Å²) in [7, 11) is 1.59. The van der Waals surface area contributed by atoms with Crippen LogP contribution in [0.1, 0.15) is 22.5 Å². The number of anilines is 1. The van der Waals surface area contributed by atoms with Crippen molar-refractivity contribution >= 4 is 22.9 Å². The van der Waals surface area contributed by atoms with Crippen molar-refractivity contribution in [3.63, 3.8) is 0 Å². The minimum absolute atomic E-state index is 0.170. The van der Waals surface area contributed by atoms with Crippen molar-refractivity contribution in [2.24, 2.45) is 5.10 Å². The number of methoxy groups -OCH3 is 1. The van der Waals surface area contributed by atoms with Gasteiger partial charge in [0.05, 0.1) is 25.4 Å². The van der Waals surface area contributed by atoms with Crippen LogP contribution in [-0.2, 0) is 6.54 Å². The number of aromatic nitrogens is 3. The lowest BCUT2D eigenvalue weighted by molar-refractivity contribution is 0.412. The average molecular weight is 429 g/mol. The van der Waals surface area contributed by atoms with E-state index in [1.165, 1.54) is 10.8 Å². The normalized spacial score (nSPS) is 11.2.